The molecule has 142 valence electrons. The molecule has 1 heterocycles. The van der Waals surface area contributed by atoms with Gasteiger partial charge in [0.2, 0.25) is 0 Å². The highest BCUT2D eigenvalue weighted by Gasteiger charge is 2.39. The highest BCUT2D eigenvalue weighted by atomic mass is 16.6. The highest BCUT2D eigenvalue weighted by Crippen LogP contribution is 2.44. The third-order valence-electron chi connectivity index (χ3n) is 6.01. The minimum Gasteiger partial charge on any atom is -0.410 e. The van der Waals surface area contributed by atoms with Gasteiger partial charge in [0.15, 0.2) is 0 Å². The Kier molecular flexibility index (Phi) is 5.17. The fourth-order valence-electron chi connectivity index (χ4n) is 4.63. The summed E-state index contributed by atoms with van der Waals surface area (Å²) in [6.45, 7) is 2.28. The molecular formula is C23H28N2O2. The van der Waals surface area contributed by atoms with Crippen molar-refractivity contribution in [1.82, 2.24) is 9.80 Å². The van der Waals surface area contributed by atoms with Gasteiger partial charge in [0.05, 0.1) is 0 Å². The Balaban J connectivity index is 1.48. The molecule has 0 bridgehead atoms. The fourth-order valence-corrected chi connectivity index (χ4v) is 4.63. The maximum atomic E-state index is 12.0. The lowest BCUT2D eigenvalue weighted by Crippen LogP contribution is -2.36. The number of nitrogens with zero attached hydrogens (tertiary/aromatic N) is 2. The van der Waals surface area contributed by atoms with Crippen LogP contribution >= 0.6 is 0 Å². The Morgan fingerprint density at radius 1 is 1.11 bits per heavy atom. The van der Waals surface area contributed by atoms with Crippen LogP contribution in [0.4, 0.5) is 4.79 Å². The molecule has 0 aromatic heterocycles. The highest BCUT2D eigenvalue weighted by molar-refractivity contribution is 5.70. The van der Waals surface area contributed by atoms with Gasteiger partial charge in [-0.15, -0.1) is 0 Å². The van der Waals surface area contributed by atoms with Crippen molar-refractivity contribution in [3.8, 4) is 5.75 Å². The Bertz CT molecular complexity index is 803. The summed E-state index contributed by atoms with van der Waals surface area (Å²) in [4.78, 5) is 16.1. The lowest BCUT2D eigenvalue weighted by Gasteiger charge is -2.34. The Morgan fingerprint density at radius 3 is 2.70 bits per heavy atom. The zero-order chi connectivity index (χ0) is 18.8. The number of benzene rings is 2. The molecule has 0 N–H and O–H groups in total. The SMILES string of the molecule is CN(C)C(=O)Oc1cccc2c1CC[C@H]1[C@@H]2CCN1CCc1ccccc1. The molecule has 1 aliphatic heterocycles. The van der Waals surface area contributed by atoms with Gasteiger partial charge in [-0.1, -0.05) is 42.5 Å². The van der Waals surface area contributed by atoms with E-state index in [9.17, 15) is 4.79 Å². The number of rotatable bonds is 4. The van der Waals surface area contributed by atoms with E-state index in [1.54, 1.807) is 14.1 Å². The van der Waals surface area contributed by atoms with Crippen molar-refractivity contribution in [3.63, 3.8) is 0 Å². The van der Waals surface area contributed by atoms with Crippen LogP contribution in [-0.2, 0) is 12.8 Å². The molecule has 2 aromatic carbocycles. The number of likely N-dealkylation sites (tertiary alicyclic amines) is 1. The van der Waals surface area contributed by atoms with E-state index < -0.39 is 0 Å². The van der Waals surface area contributed by atoms with Crippen LogP contribution in [-0.4, -0.2) is 49.1 Å². The molecule has 0 spiro atoms. The number of carbonyl (C=O) groups excluding carboxylic acids is 1. The second-order valence-electron chi connectivity index (χ2n) is 7.86. The number of fused-ring (bicyclic) bond motifs is 3. The number of hydrogen-bond acceptors (Lipinski definition) is 3. The third-order valence-corrected chi connectivity index (χ3v) is 6.01. The number of ether oxygens (including phenoxy) is 1. The zero-order valence-electron chi connectivity index (χ0n) is 16.2. The number of amides is 1. The van der Waals surface area contributed by atoms with Crippen molar-refractivity contribution in [2.24, 2.45) is 0 Å². The number of carbonyl (C=O) groups is 1. The Labute approximate surface area is 161 Å². The number of hydrogen-bond donors (Lipinski definition) is 0. The molecule has 4 heteroatoms. The van der Waals surface area contributed by atoms with E-state index in [0.717, 1.165) is 38.1 Å². The average molecular weight is 364 g/mol. The molecule has 1 aliphatic carbocycles. The molecule has 2 atom stereocenters. The second-order valence-corrected chi connectivity index (χ2v) is 7.86. The summed E-state index contributed by atoms with van der Waals surface area (Å²) in [6, 6.07) is 17.6. The molecule has 0 unspecified atom stereocenters. The molecule has 4 rings (SSSR count). The molecular weight excluding hydrogens is 336 g/mol. The third kappa shape index (κ3) is 3.72. The first-order valence-corrected chi connectivity index (χ1v) is 9.92. The van der Waals surface area contributed by atoms with Gasteiger partial charge < -0.3 is 9.64 Å². The molecule has 2 aromatic rings. The lowest BCUT2D eigenvalue weighted by atomic mass is 9.79. The molecule has 1 saturated heterocycles. The monoisotopic (exact) mass is 364 g/mol. The summed E-state index contributed by atoms with van der Waals surface area (Å²) >= 11 is 0. The van der Waals surface area contributed by atoms with Crippen LogP contribution in [0.2, 0.25) is 0 Å². The van der Waals surface area contributed by atoms with Gasteiger partial charge in [0.25, 0.3) is 0 Å². The van der Waals surface area contributed by atoms with Crippen molar-refractivity contribution in [1.29, 1.82) is 0 Å². The molecule has 27 heavy (non-hydrogen) atoms. The Hall–Kier alpha value is -2.33. The summed E-state index contributed by atoms with van der Waals surface area (Å²) in [5, 5.41) is 0. The molecule has 0 radical (unpaired) electrons. The van der Waals surface area contributed by atoms with Crippen LogP contribution in [0.1, 0.15) is 35.4 Å². The first-order chi connectivity index (χ1) is 13.1. The molecule has 1 amide bonds. The molecule has 0 saturated carbocycles. The lowest BCUT2D eigenvalue weighted by molar-refractivity contribution is 0.171. The van der Waals surface area contributed by atoms with E-state index >= 15 is 0 Å². The van der Waals surface area contributed by atoms with E-state index in [-0.39, 0.29) is 6.09 Å². The largest absolute Gasteiger partial charge is 0.414 e. The van der Waals surface area contributed by atoms with E-state index in [1.165, 1.54) is 28.0 Å². The van der Waals surface area contributed by atoms with Gasteiger partial charge in [-0.25, -0.2) is 4.79 Å². The van der Waals surface area contributed by atoms with Crippen molar-refractivity contribution in [3.05, 3.63) is 65.2 Å². The smallest absolute Gasteiger partial charge is 0.410 e. The van der Waals surface area contributed by atoms with Gasteiger partial charge in [-0.05, 0) is 55.0 Å². The van der Waals surface area contributed by atoms with Gasteiger partial charge in [-0.2, -0.15) is 0 Å². The maximum Gasteiger partial charge on any atom is 0.414 e. The zero-order valence-corrected chi connectivity index (χ0v) is 16.2. The molecule has 4 nitrogen and oxygen atoms in total. The van der Waals surface area contributed by atoms with Crippen LogP contribution in [0, 0.1) is 0 Å². The van der Waals surface area contributed by atoms with Crippen LogP contribution in [0.5, 0.6) is 5.75 Å². The fraction of sp³-hybridized carbons (Fsp3) is 0.435. The van der Waals surface area contributed by atoms with E-state index in [4.69, 9.17) is 4.74 Å². The summed E-state index contributed by atoms with van der Waals surface area (Å²) in [5.74, 6) is 1.30. The van der Waals surface area contributed by atoms with Crippen LogP contribution < -0.4 is 4.74 Å². The van der Waals surface area contributed by atoms with Crippen LogP contribution in [0.25, 0.3) is 0 Å². The van der Waals surface area contributed by atoms with Crippen molar-refractivity contribution in [2.45, 2.75) is 37.6 Å². The molecule has 2 aliphatic rings. The first-order valence-electron chi connectivity index (χ1n) is 9.92. The van der Waals surface area contributed by atoms with Crippen LogP contribution in [0.3, 0.4) is 0 Å². The Morgan fingerprint density at radius 2 is 1.93 bits per heavy atom. The normalized spacial score (nSPS) is 21.4. The van der Waals surface area contributed by atoms with Crippen LogP contribution in [0.15, 0.2) is 48.5 Å². The predicted molar refractivity (Wildman–Crippen MR) is 107 cm³/mol. The summed E-state index contributed by atoms with van der Waals surface area (Å²) in [7, 11) is 3.44. The van der Waals surface area contributed by atoms with Gasteiger partial charge in [0.1, 0.15) is 5.75 Å². The van der Waals surface area contributed by atoms with Crippen molar-refractivity contribution in [2.75, 3.05) is 27.2 Å². The first kappa shape index (κ1) is 18.1. The minimum absolute atomic E-state index is 0.304. The van der Waals surface area contributed by atoms with E-state index in [1.807, 2.05) is 12.1 Å². The quantitative estimate of drug-likeness (QED) is 0.819. The summed E-state index contributed by atoms with van der Waals surface area (Å²) < 4.78 is 5.63. The van der Waals surface area contributed by atoms with E-state index in [0.29, 0.717) is 12.0 Å². The van der Waals surface area contributed by atoms with Gasteiger partial charge in [0, 0.05) is 32.6 Å². The van der Waals surface area contributed by atoms with Gasteiger partial charge in [-0.3, -0.25) is 4.90 Å². The van der Waals surface area contributed by atoms with Crippen molar-refractivity contribution >= 4 is 6.09 Å². The standard InChI is InChI=1S/C23H28N2O2/c1-24(2)23(26)27-22-10-6-9-18-19-14-16-25(21(19)12-11-20(18)22)15-13-17-7-4-3-5-8-17/h3-10,19,21H,11-16H2,1-2H3/t19-,21+/m1/s1. The summed E-state index contributed by atoms with van der Waals surface area (Å²) in [6.07, 6.45) is 4.12. The van der Waals surface area contributed by atoms with Crippen molar-refractivity contribution < 1.29 is 9.53 Å². The molecule has 1 fully saturated rings. The van der Waals surface area contributed by atoms with E-state index in [2.05, 4.69) is 41.3 Å². The topological polar surface area (TPSA) is 32.8 Å². The van der Waals surface area contributed by atoms with Gasteiger partial charge >= 0.3 is 6.09 Å². The summed E-state index contributed by atoms with van der Waals surface area (Å²) in [5.41, 5.74) is 4.03. The second kappa shape index (κ2) is 7.73. The average Bonchev–Trinajstić information content (AvgIpc) is 3.11. The predicted octanol–water partition coefficient (Wildman–Crippen LogP) is 4.09. The minimum atomic E-state index is -0.304. The maximum absolute atomic E-state index is 12.0.